The summed E-state index contributed by atoms with van der Waals surface area (Å²) in [5, 5.41) is 0.108. The third-order valence-corrected chi connectivity index (χ3v) is 7.14. The zero-order valence-electron chi connectivity index (χ0n) is 16.8. The molecule has 1 aromatic heterocycles. The molecule has 1 aliphatic heterocycles. The van der Waals surface area contributed by atoms with Crippen LogP contribution in [0.25, 0.3) is 11.0 Å². The number of nitrogens with one attached hydrogen (secondary N) is 1. The molecule has 7 nitrogen and oxygen atoms in total. The molecule has 4 rings (SSSR count). The Hall–Kier alpha value is -2.59. The number of furan rings is 1. The van der Waals surface area contributed by atoms with Gasteiger partial charge in [-0.1, -0.05) is 6.07 Å². The van der Waals surface area contributed by atoms with Crippen LogP contribution in [0.1, 0.15) is 30.8 Å². The van der Waals surface area contributed by atoms with Crippen molar-refractivity contribution in [2.75, 3.05) is 18.0 Å². The van der Waals surface area contributed by atoms with Crippen molar-refractivity contribution in [3.63, 3.8) is 0 Å². The first-order chi connectivity index (χ1) is 14.7. The highest BCUT2D eigenvalue weighted by Gasteiger charge is 2.28. The Morgan fingerprint density at radius 1 is 1.26 bits per heavy atom. The van der Waals surface area contributed by atoms with E-state index in [1.54, 1.807) is 26.0 Å². The zero-order chi connectivity index (χ0) is 22.3. The van der Waals surface area contributed by atoms with E-state index in [1.807, 2.05) is 9.62 Å². The molecule has 0 unspecified atom stereocenters. The predicted octanol–water partition coefficient (Wildman–Crippen LogP) is 4.45. The molecule has 31 heavy (non-hydrogen) atoms. The van der Waals surface area contributed by atoms with Gasteiger partial charge in [0.25, 0.3) is 10.0 Å². The minimum Gasteiger partial charge on any atom is -0.490 e. The van der Waals surface area contributed by atoms with Crippen LogP contribution in [0.2, 0.25) is 0 Å². The molecule has 1 N–H and O–H groups in total. The summed E-state index contributed by atoms with van der Waals surface area (Å²) in [5.74, 6) is -1.76. The van der Waals surface area contributed by atoms with E-state index in [4.69, 9.17) is 9.15 Å². The van der Waals surface area contributed by atoms with Crippen LogP contribution >= 0.6 is 15.9 Å². The van der Waals surface area contributed by atoms with Crippen LogP contribution in [0.5, 0.6) is 5.75 Å². The molecule has 0 saturated carbocycles. The van der Waals surface area contributed by atoms with Crippen molar-refractivity contribution in [1.29, 1.82) is 0 Å². The van der Waals surface area contributed by atoms with Crippen molar-refractivity contribution in [3.05, 3.63) is 52.4 Å². The second-order valence-corrected chi connectivity index (χ2v) is 9.93. The average Bonchev–Trinajstić information content (AvgIpc) is 3.04. The maximum Gasteiger partial charge on any atom is 0.300 e. The van der Waals surface area contributed by atoms with Crippen LogP contribution < -0.4 is 14.4 Å². The fraction of sp³-hybridized carbons (Fsp3) is 0.286. The van der Waals surface area contributed by atoms with Crippen LogP contribution in [-0.4, -0.2) is 33.5 Å². The number of nitrogens with zero attached hydrogens (tertiary/aromatic N) is 1. The van der Waals surface area contributed by atoms with Crippen LogP contribution in [0.4, 0.5) is 10.1 Å². The van der Waals surface area contributed by atoms with Gasteiger partial charge in [-0.3, -0.25) is 4.79 Å². The monoisotopic (exact) mass is 510 g/mol. The van der Waals surface area contributed by atoms with Crippen molar-refractivity contribution < 1.29 is 26.8 Å². The van der Waals surface area contributed by atoms with Gasteiger partial charge >= 0.3 is 5.91 Å². The Morgan fingerprint density at radius 2 is 2.00 bits per heavy atom. The zero-order valence-corrected chi connectivity index (χ0v) is 19.2. The van der Waals surface area contributed by atoms with Gasteiger partial charge in [0.2, 0.25) is 0 Å². The quantitative estimate of drug-likeness (QED) is 0.526. The Balaban J connectivity index is 1.65. The van der Waals surface area contributed by atoms with Gasteiger partial charge in [-0.25, -0.2) is 17.5 Å². The summed E-state index contributed by atoms with van der Waals surface area (Å²) in [4.78, 5) is 14.4. The van der Waals surface area contributed by atoms with Crippen LogP contribution in [0.15, 0.2) is 50.2 Å². The molecule has 3 aromatic rings. The van der Waals surface area contributed by atoms with Crippen LogP contribution in [0.3, 0.4) is 0 Å². The van der Waals surface area contributed by atoms with Gasteiger partial charge < -0.3 is 14.1 Å². The van der Waals surface area contributed by atoms with Gasteiger partial charge in [-0.2, -0.15) is 0 Å². The van der Waals surface area contributed by atoms with E-state index in [2.05, 4.69) is 15.9 Å². The normalized spacial score (nSPS) is 14.0. The molecule has 0 aliphatic carbocycles. The third-order valence-electron chi connectivity index (χ3n) is 4.81. The minimum atomic E-state index is -4.31. The maximum atomic E-state index is 14.5. The fourth-order valence-electron chi connectivity index (χ4n) is 3.27. The summed E-state index contributed by atoms with van der Waals surface area (Å²) in [6, 6.07) is 8.87. The van der Waals surface area contributed by atoms with E-state index < -0.39 is 21.7 Å². The number of halogens is 2. The van der Waals surface area contributed by atoms with Gasteiger partial charge in [0, 0.05) is 35.4 Å². The molecular formula is C21H20BrFN2O5S. The van der Waals surface area contributed by atoms with E-state index >= 15 is 0 Å². The van der Waals surface area contributed by atoms with Crippen LogP contribution in [-0.2, 0) is 10.0 Å². The molecule has 0 spiro atoms. The Labute approximate surface area is 187 Å². The van der Waals surface area contributed by atoms with E-state index in [1.165, 1.54) is 24.3 Å². The molecule has 1 amide bonds. The summed E-state index contributed by atoms with van der Waals surface area (Å²) in [6.45, 7) is 5.16. The largest absolute Gasteiger partial charge is 0.490 e. The highest BCUT2D eigenvalue weighted by molar-refractivity contribution is 9.10. The molecule has 0 bridgehead atoms. The molecule has 0 radical (unpaired) electrons. The van der Waals surface area contributed by atoms with Crippen molar-refractivity contribution >= 4 is 48.5 Å². The minimum absolute atomic E-state index is 0.0968. The summed E-state index contributed by atoms with van der Waals surface area (Å²) in [7, 11) is -4.31. The summed E-state index contributed by atoms with van der Waals surface area (Å²) < 4.78 is 53.7. The molecule has 1 fully saturated rings. The van der Waals surface area contributed by atoms with Crippen molar-refractivity contribution in [2.45, 2.75) is 31.3 Å². The summed E-state index contributed by atoms with van der Waals surface area (Å²) in [6.07, 6.45) is 0.749. The SMILES string of the molecule is CC(C)Oc1cccc(Br)c1S(=O)(=O)NC(=O)c1cc2c(F)cc(N3CCC3)cc2o1. The topological polar surface area (TPSA) is 88.8 Å². The predicted molar refractivity (Wildman–Crippen MR) is 118 cm³/mol. The molecule has 0 atom stereocenters. The number of amides is 1. The number of ether oxygens (including phenoxy) is 1. The summed E-state index contributed by atoms with van der Waals surface area (Å²) in [5.41, 5.74) is 0.836. The van der Waals surface area contributed by atoms with Gasteiger partial charge in [-0.15, -0.1) is 0 Å². The lowest BCUT2D eigenvalue weighted by molar-refractivity contribution is 0.0956. The first-order valence-corrected chi connectivity index (χ1v) is 11.9. The number of benzene rings is 2. The molecule has 2 heterocycles. The number of carbonyl (C=O) groups is 1. The highest BCUT2D eigenvalue weighted by Crippen LogP contribution is 2.33. The maximum absolute atomic E-state index is 14.5. The second kappa shape index (κ2) is 8.16. The van der Waals surface area contributed by atoms with E-state index in [9.17, 15) is 17.6 Å². The Bertz CT molecular complexity index is 1270. The molecule has 164 valence electrons. The number of carbonyl (C=O) groups excluding carboxylic acids is 1. The Kier molecular flexibility index (Phi) is 5.69. The standard InChI is InChI=1S/C21H20BrFN2O5S/c1-12(2)29-17-6-3-5-15(22)20(17)31(27,28)24-21(26)19-11-14-16(23)9-13(10-18(14)30-19)25-7-4-8-25/h3,5-6,9-12H,4,7-8H2,1-2H3,(H,24,26). The number of hydrogen-bond donors (Lipinski definition) is 1. The van der Waals surface area contributed by atoms with Crippen molar-refractivity contribution in [2.24, 2.45) is 0 Å². The number of anilines is 1. The average molecular weight is 511 g/mol. The van der Waals surface area contributed by atoms with E-state index in [-0.39, 0.29) is 38.0 Å². The number of hydrogen-bond acceptors (Lipinski definition) is 6. The summed E-state index contributed by atoms with van der Waals surface area (Å²) >= 11 is 3.20. The molecular weight excluding hydrogens is 491 g/mol. The van der Waals surface area contributed by atoms with E-state index in [0.29, 0.717) is 5.69 Å². The number of sulfonamides is 1. The highest BCUT2D eigenvalue weighted by atomic mass is 79.9. The van der Waals surface area contributed by atoms with E-state index in [0.717, 1.165) is 19.5 Å². The molecule has 1 saturated heterocycles. The first-order valence-electron chi connectivity index (χ1n) is 9.66. The van der Waals surface area contributed by atoms with Crippen LogP contribution in [0, 0.1) is 5.82 Å². The third kappa shape index (κ3) is 4.27. The fourth-order valence-corrected chi connectivity index (χ4v) is 5.41. The first kappa shape index (κ1) is 21.6. The van der Waals surface area contributed by atoms with Gasteiger partial charge in [0.1, 0.15) is 22.0 Å². The number of fused-ring (bicyclic) bond motifs is 1. The second-order valence-electron chi connectivity index (χ2n) is 7.46. The molecule has 1 aliphatic rings. The molecule has 2 aromatic carbocycles. The smallest absolute Gasteiger partial charge is 0.300 e. The van der Waals surface area contributed by atoms with Gasteiger partial charge in [0.15, 0.2) is 5.76 Å². The lowest BCUT2D eigenvalue weighted by atomic mass is 10.1. The van der Waals surface area contributed by atoms with Crippen molar-refractivity contribution in [3.8, 4) is 5.75 Å². The Morgan fingerprint density at radius 3 is 2.65 bits per heavy atom. The lowest BCUT2D eigenvalue weighted by Crippen LogP contribution is -2.36. The van der Waals surface area contributed by atoms with Gasteiger partial charge in [-0.05, 0) is 54.4 Å². The lowest BCUT2D eigenvalue weighted by Gasteiger charge is -2.33. The number of rotatable bonds is 6. The molecule has 10 heteroatoms. The van der Waals surface area contributed by atoms with Crippen molar-refractivity contribution in [1.82, 2.24) is 4.72 Å². The van der Waals surface area contributed by atoms with Gasteiger partial charge in [0.05, 0.1) is 11.5 Å².